The summed E-state index contributed by atoms with van der Waals surface area (Å²) >= 11 is 0. The summed E-state index contributed by atoms with van der Waals surface area (Å²) in [5, 5.41) is 3.30. The van der Waals surface area contributed by atoms with Gasteiger partial charge in [0.15, 0.2) is 0 Å². The van der Waals surface area contributed by atoms with Crippen molar-refractivity contribution < 1.29 is 9.53 Å². The Bertz CT molecular complexity index is 193. The molecule has 0 atom stereocenters. The van der Waals surface area contributed by atoms with E-state index in [0.717, 1.165) is 39.3 Å². The molecule has 88 valence electrons. The van der Waals surface area contributed by atoms with Crippen molar-refractivity contribution in [2.24, 2.45) is 0 Å². The molecular weight excluding hydrogens is 194 g/mol. The first-order chi connectivity index (χ1) is 7.24. The molecule has 0 spiro atoms. The van der Waals surface area contributed by atoms with Crippen LogP contribution in [0.1, 0.15) is 0 Å². The highest BCUT2D eigenvalue weighted by Crippen LogP contribution is 1.93. The molecule has 0 saturated carbocycles. The van der Waals surface area contributed by atoms with Gasteiger partial charge in [-0.05, 0) is 0 Å². The van der Waals surface area contributed by atoms with Crippen molar-refractivity contribution in [2.45, 2.75) is 0 Å². The first-order valence-corrected chi connectivity index (χ1v) is 5.40. The van der Waals surface area contributed by atoms with Crippen molar-refractivity contribution in [2.75, 3.05) is 60.0 Å². The topological polar surface area (TPSA) is 44.8 Å². The maximum absolute atomic E-state index is 11.4. The molecule has 1 N–H and O–H groups in total. The second-order valence-electron chi connectivity index (χ2n) is 3.84. The highest BCUT2D eigenvalue weighted by molar-refractivity contribution is 5.77. The molecule has 0 aliphatic carbocycles. The van der Waals surface area contributed by atoms with Crippen LogP contribution in [-0.4, -0.2) is 75.7 Å². The third-order valence-electron chi connectivity index (χ3n) is 2.65. The minimum atomic E-state index is 0.0487. The smallest absolute Gasteiger partial charge is 0.248 e. The fourth-order valence-corrected chi connectivity index (χ4v) is 1.58. The number of hydrogen-bond acceptors (Lipinski definition) is 4. The van der Waals surface area contributed by atoms with Crippen LogP contribution in [0.2, 0.25) is 0 Å². The molecule has 1 amide bonds. The Morgan fingerprint density at radius 3 is 2.73 bits per heavy atom. The summed E-state index contributed by atoms with van der Waals surface area (Å²) < 4.78 is 4.80. The molecule has 1 aliphatic rings. The average Bonchev–Trinajstić information content (AvgIpc) is 2.27. The van der Waals surface area contributed by atoms with Gasteiger partial charge in [0.2, 0.25) is 5.91 Å². The molecule has 0 aromatic carbocycles. The van der Waals surface area contributed by atoms with Crippen molar-refractivity contribution in [1.29, 1.82) is 0 Å². The quantitative estimate of drug-likeness (QED) is 0.639. The molecule has 0 aromatic heterocycles. The molecule has 1 rings (SSSR count). The summed E-state index contributed by atoms with van der Waals surface area (Å²) in [6, 6.07) is 0. The van der Waals surface area contributed by atoms with Crippen LogP contribution in [0.15, 0.2) is 0 Å². The van der Waals surface area contributed by atoms with Crippen molar-refractivity contribution in [3.63, 3.8) is 0 Å². The van der Waals surface area contributed by atoms with E-state index in [1.54, 1.807) is 12.0 Å². The van der Waals surface area contributed by atoms with E-state index in [2.05, 4.69) is 10.2 Å². The summed E-state index contributed by atoms with van der Waals surface area (Å²) in [5.74, 6) is 0.0487. The number of piperazine rings is 1. The van der Waals surface area contributed by atoms with Crippen molar-refractivity contribution >= 4 is 5.91 Å². The number of ether oxygens (including phenoxy) is 1. The Morgan fingerprint density at radius 2 is 2.13 bits per heavy atom. The predicted octanol–water partition coefficient (Wildman–Crippen LogP) is -1.00. The van der Waals surface area contributed by atoms with Crippen LogP contribution in [0.4, 0.5) is 0 Å². The number of rotatable bonds is 5. The lowest BCUT2D eigenvalue weighted by molar-refractivity contribution is -0.134. The zero-order chi connectivity index (χ0) is 11.1. The van der Waals surface area contributed by atoms with Gasteiger partial charge >= 0.3 is 0 Å². The Kier molecular flexibility index (Phi) is 5.60. The van der Waals surface area contributed by atoms with Gasteiger partial charge in [0.05, 0.1) is 0 Å². The van der Waals surface area contributed by atoms with Crippen LogP contribution in [0.5, 0.6) is 0 Å². The number of methoxy groups -OCH3 is 1. The van der Waals surface area contributed by atoms with Gasteiger partial charge in [-0.2, -0.15) is 0 Å². The van der Waals surface area contributed by atoms with E-state index in [0.29, 0.717) is 0 Å². The van der Waals surface area contributed by atoms with Gasteiger partial charge in [0, 0.05) is 53.4 Å². The summed E-state index contributed by atoms with van der Waals surface area (Å²) in [4.78, 5) is 15.5. The Labute approximate surface area is 91.4 Å². The van der Waals surface area contributed by atoms with Crippen molar-refractivity contribution in [1.82, 2.24) is 15.1 Å². The second-order valence-corrected chi connectivity index (χ2v) is 3.84. The van der Waals surface area contributed by atoms with Crippen LogP contribution in [0.25, 0.3) is 0 Å². The van der Waals surface area contributed by atoms with Gasteiger partial charge in [-0.3, -0.25) is 9.69 Å². The molecule has 0 unspecified atom stereocenters. The minimum absolute atomic E-state index is 0.0487. The van der Waals surface area contributed by atoms with E-state index in [1.165, 1.54) is 0 Å². The summed E-state index contributed by atoms with van der Waals surface area (Å²) in [7, 11) is 3.37. The van der Waals surface area contributed by atoms with Gasteiger partial charge in [0.1, 0.15) is 6.61 Å². The fourth-order valence-electron chi connectivity index (χ4n) is 1.58. The maximum atomic E-state index is 11.4. The van der Waals surface area contributed by atoms with Crippen LogP contribution < -0.4 is 5.32 Å². The Morgan fingerprint density at radius 1 is 1.47 bits per heavy atom. The highest BCUT2D eigenvalue weighted by atomic mass is 16.5. The zero-order valence-corrected chi connectivity index (χ0v) is 9.66. The van der Waals surface area contributed by atoms with Gasteiger partial charge in [0.25, 0.3) is 0 Å². The standard InChI is InChI=1S/C10H21N3O2/c1-12(10(14)9-15-2)7-8-13-5-3-11-4-6-13/h11H,3-9H2,1-2H3. The minimum Gasteiger partial charge on any atom is -0.375 e. The summed E-state index contributed by atoms with van der Waals surface area (Å²) in [5.41, 5.74) is 0. The van der Waals surface area contributed by atoms with E-state index in [-0.39, 0.29) is 12.5 Å². The average molecular weight is 215 g/mol. The molecule has 5 heteroatoms. The summed E-state index contributed by atoms with van der Waals surface area (Å²) in [6.07, 6.45) is 0. The predicted molar refractivity (Wildman–Crippen MR) is 58.8 cm³/mol. The molecular formula is C10H21N3O2. The molecule has 1 saturated heterocycles. The molecule has 5 nitrogen and oxygen atoms in total. The van der Waals surface area contributed by atoms with Crippen LogP contribution in [-0.2, 0) is 9.53 Å². The number of hydrogen-bond donors (Lipinski definition) is 1. The van der Waals surface area contributed by atoms with Crippen molar-refractivity contribution in [3.05, 3.63) is 0 Å². The molecule has 1 heterocycles. The van der Waals surface area contributed by atoms with E-state index < -0.39 is 0 Å². The SMILES string of the molecule is COCC(=O)N(C)CCN1CCNCC1. The number of amides is 1. The van der Waals surface area contributed by atoms with Gasteiger partial charge in [-0.15, -0.1) is 0 Å². The number of likely N-dealkylation sites (N-methyl/N-ethyl adjacent to an activating group) is 1. The lowest BCUT2D eigenvalue weighted by Gasteiger charge is -2.29. The van der Waals surface area contributed by atoms with Gasteiger partial charge in [-0.1, -0.05) is 0 Å². The van der Waals surface area contributed by atoms with Crippen LogP contribution >= 0.6 is 0 Å². The first-order valence-electron chi connectivity index (χ1n) is 5.40. The largest absolute Gasteiger partial charge is 0.375 e. The van der Waals surface area contributed by atoms with E-state index >= 15 is 0 Å². The number of carbonyl (C=O) groups excluding carboxylic acids is 1. The number of carbonyl (C=O) groups is 1. The molecule has 0 bridgehead atoms. The lowest BCUT2D eigenvalue weighted by Crippen LogP contribution is -2.46. The number of nitrogens with one attached hydrogen (secondary N) is 1. The Balaban J connectivity index is 2.14. The monoisotopic (exact) mass is 215 g/mol. The molecule has 1 aliphatic heterocycles. The van der Waals surface area contributed by atoms with Gasteiger partial charge in [-0.25, -0.2) is 0 Å². The van der Waals surface area contributed by atoms with E-state index in [4.69, 9.17) is 4.74 Å². The van der Waals surface area contributed by atoms with E-state index in [1.807, 2.05) is 7.05 Å². The van der Waals surface area contributed by atoms with Crippen molar-refractivity contribution in [3.8, 4) is 0 Å². The highest BCUT2D eigenvalue weighted by Gasteiger charge is 2.12. The Hall–Kier alpha value is -0.650. The third-order valence-corrected chi connectivity index (χ3v) is 2.65. The number of nitrogens with zero attached hydrogens (tertiary/aromatic N) is 2. The fraction of sp³-hybridized carbons (Fsp3) is 0.900. The van der Waals surface area contributed by atoms with Crippen LogP contribution in [0, 0.1) is 0 Å². The van der Waals surface area contributed by atoms with Gasteiger partial charge < -0.3 is 15.0 Å². The summed E-state index contributed by atoms with van der Waals surface area (Å²) in [6.45, 7) is 6.16. The molecule has 1 fully saturated rings. The molecule has 15 heavy (non-hydrogen) atoms. The first kappa shape index (κ1) is 12.4. The van der Waals surface area contributed by atoms with E-state index in [9.17, 15) is 4.79 Å². The normalized spacial score (nSPS) is 17.7. The van der Waals surface area contributed by atoms with Crippen LogP contribution in [0.3, 0.4) is 0 Å². The third kappa shape index (κ3) is 4.59. The maximum Gasteiger partial charge on any atom is 0.248 e. The lowest BCUT2D eigenvalue weighted by atomic mass is 10.3. The molecule has 0 radical (unpaired) electrons. The zero-order valence-electron chi connectivity index (χ0n) is 9.66. The molecule has 0 aromatic rings. The second kappa shape index (κ2) is 6.76.